The van der Waals surface area contributed by atoms with Crippen LogP contribution in [0.4, 0.5) is 0 Å². The minimum atomic E-state index is 0.560. The van der Waals surface area contributed by atoms with E-state index >= 15 is 0 Å². The maximum atomic E-state index is 5.82. The van der Waals surface area contributed by atoms with Gasteiger partial charge in [-0.2, -0.15) is 0 Å². The van der Waals surface area contributed by atoms with Gasteiger partial charge in [-0.25, -0.2) is 0 Å². The highest BCUT2D eigenvalue weighted by atomic mass is 16.5. The molecular weight excluding hydrogens is 368 g/mol. The second kappa shape index (κ2) is 10.0. The molecule has 0 fully saturated rings. The molecule has 0 N–H and O–H groups in total. The first-order valence-corrected chi connectivity index (χ1v) is 9.91. The first kappa shape index (κ1) is 19.4. The van der Waals surface area contributed by atoms with Crippen LogP contribution < -0.4 is 9.47 Å². The standard InChI is InChI=1S/C28H22O2/c1-3-7-25(8-4-1)21-29-27-17-13-23(14-18-27)11-12-24-15-19-28(20-16-24)30-22-26-9-5-2-6-10-26/h1-10,13-20H,21-22H2. The van der Waals surface area contributed by atoms with E-state index in [-0.39, 0.29) is 0 Å². The first-order valence-electron chi connectivity index (χ1n) is 9.91. The highest BCUT2D eigenvalue weighted by Gasteiger charge is 1.97. The van der Waals surface area contributed by atoms with E-state index in [0.29, 0.717) is 13.2 Å². The van der Waals surface area contributed by atoms with E-state index in [2.05, 4.69) is 36.1 Å². The normalized spacial score (nSPS) is 10.0. The van der Waals surface area contributed by atoms with Gasteiger partial charge >= 0.3 is 0 Å². The van der Waals surface area contributed by atoms with E-state index in [4.69, 9.17) is 9.47 Å². The minimum absolute atomic E-state index is 0.560. The summed E-state index contributed by atoms with van der Waals surface area (Å²) in [6.07, 6.45) is 0. The van der Waals surface area contributed by atoms with Crippen molar-refractivity contribution in [3.63, 3.8) is 0 Å². The van der Waals surface area contributed by atoms with Crippen LogP contribution in [0.5, 0.6) is 11.5 Å². The fraction of sp³-hybridized carbons (Fsp3) is 0.0714. The number of benzene rings is 4. The smallest absolute Gasteiger partial charge is 0.119 e. The van der Waals surface area contributed by atoms with Crippen LogP contribution in [0, 0.1) is 11.8 Å². The Morgan fingerprint density at radius 2 is 0.800 bits per heavy atom. The van der Waals surface area contributed by atoms with Crippen molar-refractivity contribution >= 4 is 0 Å². The number of ether oxygens (including phenoxy) is 2. The Labute approximate surface area is 177 Å². The van der Waals surface area contributed by atoms with Crippen LogP contribution in [0.3, 0.4) is 0 Å². The Kier molecular flexibility index (Phi) is 6.45. The van der Waals surface area contributed by atoms with Crippen LogP contribution in [0.25, 0.3) is 0 Å². The Hall–Kier alpha value is -3.96. The molecule has 30 heavy (non-hydrogen) atoms. The Morgan fingerprint density at radius 1 is 0.433 bits per heavy atom. The molecule has 0 saturated carbocycles. The highest BCUT2D eigenvalue weighted by Crippen LogP contribution is 2.15. The van der Waals surface area contributed by atoms with Gasteiger partial charge in [-0.05, 0) is 59.7 Å². The zero-order chi connectivity index (χ0) is 20.4. The van der Waals surface area contributed by atoms with Crippen molar-refractivity contribution in [2.24, 2.45) is 0 Å². The first-order chi connectivity index (χ1) is 14.8. The van der Waals surface area contributed by atoms with Crippen molar-refractivity contribution in [1.82, 2.24) is 0 Å². The zero-order valence-corrected chi connectivity index (χ0v) is 16.6. The number of hydrogen-bond acceptors (Lipinski definition) is 2. The van der Waals surface area contributed by atoms with Crippen LogP contribution in [0.1, 0.15) is 22.3 Å². The topological polar surface area (TPSA) is 18.5 Å². The third-order valence-electron chi connectivity index (χ3n) is 4.56. The summed E-state index contributed by atoms with van der Waals surface area (Å²) in [4.78, 5) is 0. The molecule has 0 aliphatic heterocycles. The maximum absolute atomic E-state index is 5.82. The van der Waals surface area contributed by atoms with Crippen LogP contribution in [-0.2, 0) is 13.2 Å². The molecule has 0 saturated heterocycles. The van der Waals surface area contributed by atoms with Crippen LogP contribution in [0.2, 0.25) is 0 Å². The van der Waals surface area contributed by atoms with E-state index in [9.17, 15) is 0 Å². The monoisotopic (exact) mass is 390 g/mol. The molecule has 4 aromatic rings. The molecular formula is C28H22O2. The molecule has 0 unspecified atom stereocenters. The van der Waals surface area contributed by atoms with Gasteiger partial charge in [0.1, 0.15) is 24.7 Å². The van der Waals surface area contributed by atoms with Gasteiger partial charge < -0.3 is 9.47 Å². The molecule has 2 nitrogen and oxygen atoms in total. The van der Waals surface area contributed by atoms with E-state index in [0.717, 1.165) is 33.8 Å². The van der Waals surface area contributed by atoms with Gasteiger partial charge in [0.25, 0.3) is 0 Å². The molecule has 0 heterocycles. The third-order valence-corrected chi connectivity index (χ3v) is 4.56. The average Bonchev–Trinajstić information content (AvgIpc) is 2.83. The lowest BCUT2D eigenvalue weighted by Gasteiger charge is -2.06. The van der Waals surface area contributed by atoms with E-state index < -0.39 is 0 Å². The number of rotatable bonds is 6. The van der Waals surface area contributed by atoms with Crippen molar-refractivity contribution in [1.29, 1.82) is 0 Å². The second-order valence-corrected chi connectivity index (χ2v) is 6.85. The van der Waals surface area contributed by atoms with Crippen molar-refractivity contribution in [2.75, 3.05) is 0 Å². The van der Waals surface area contributed by atoms with Gasteiger partial charge in [0.2, 0.25) is 0 Å². The zero-order valence-electron chi connectivity index (χ0n) is 16.6. The second-order valence-electron chi connectivity index (χ2n) is 6.85. The fourth-order valence-electron chi connectivity index (χ4n) is 2.90. The number of hydrogen-bond donors (Lipinski definition) is 0. The van der Waals surface area contributed by atoms with Crippen LogP contribution >= 0.6 is 0 Å². The fourth-order valence-corrected chi connectivity index (χ4v) is 2.90. The summed E-state index contributed by atoms with van der Waals surface area (Å²) in [7, 11) is 0. The van der Waals surface area contributed by atoms with Gasteiger partial charge in [-0.1, -0.05) is 72.5 Å². The Balaban J connectivity index is 1.30. The van der Waals surface area contributed by atoms with Gasteiger partial charge in [-0.3, -0.25) is 0 Å². The van der Waals surface area contributed by atoms with Gasteiger partial charge in [0.15, 0.2) is 0 Å². The van der Waals surface area contributed by atoms with Crippen LogP contribution in [0.15, 0.2) is 109 Å². The van der Waals surface area contributed by atoms with Crippen molar-refractivity contribution in [2.45, 2.75) is 13.2 Å². The molecule has 0 amide bonds. The van der Waals surface area contributed by atoms with Crippen molar-refractivity contribution in [3.05, 3.63) is 131 Å². The molecule has 146 valence electrons. The molecule has 2 heteroatoms. The summed E-state index contributed by atoms with van der Waals surface area (Å²) in [6.45, 7) is 1.12. The Morgan fingerprint density at radius 3 is 1.17 bits per heavy atom. The van der Waals surface area contributed by atoms with E-state index in [1.54, 1.807) is 0 Å². The highest BCUT2D eigenvalue weighted by molar-refractivity contribution is 5.45. The molecule has 0 radical (unpaired) electrons. The lowest BCUT2D eigenvalue weighted by atomic mass is 10.1. The van der Waals surface area contributed by atoms with E-state index in [1.165, 1.54) is 0 Å². The molecule has 0 spiro atoms. The summed E-state index contributed by atoms with van der Waals surface area (Å²) < 4.78 is 11.6. The predicted octanol–water partition coefficient (Wildman–Crippen LogP) is 6.24. The Bertz CT molecular complexity index is 1010. The quantitative estimate of drug-likeness (QED) is 0.363. The molecule has 0 atom stereocenters. The van der Waals surface area contributed by atoms with E-state index in [1.807, 2.05) is 84.9 Å². The molecule has 4 aromatic carbocycles. The summed E-state index contributed by atoms with van der Waals surface area (Å²) >= 11 is 0. The van der Waals surface area contributed by atoms with Gasteiger partial charge in [0, 0.05) is 11.1 Å². The summed E-state index contributed by atoms with van der Waals surface area (Å²) in [6, 6.07) is 36.0. The van der Waals surface area contributed by atoms with Crippen molar-refractivity contribution < 1.29 is 9.47 Å². The lowest BCUT2D eigenvalue weighted by Crippen LogP contribution is -1.94. The van der Waals surface area contributed by atoms with Gasteiger partial charge in [-0.15, -0.1) is 0 Å². The SMILES string of the molecule is C(#Cc1ccc(OCc2ccccc2)cc1)c1ccc(OCc2ccccc2)cc1. The van der Waals surface area contributed by atoms with Gasteiger partial charge in [0.05, 0.1) is 0 Å². The lowest BCUT2D eigenvalue weighted by molar-refractivity contribution is 0.306. The predicted molar refractivity (Wildman–Crippen MR) is 120 cm³/mol. The largest absolute Gasteiger partial charge is 0.489 e. The maximum Gasteiger partial charge on any atom is 0.119 e. The third kappa shape index (κ3) is 5.77. The summed E-state index contributed by atoms with van der Waals surface area (Å²) in [5.41, 5.74) is 4.20. The molecule has 0 bridgehead atoms. The minimum Gasteiger partial charge on any atom is -0.489 e. The average molecular weight is 390 g/mol. The molecule has 0 aliphatic rings. The summed E-state index contributed by atoms with van der Waals surface area (Å²) in [5.74, 6) is 8.06. The molecule has 0 aliphatic carbocycles. The summed E-state index contributed by atoms with van der Waals surface area (Å²) in [5, 5.41) is 0. The van der Waals surface area contributed by atoms with Crippen LogP contribution in [-0.4, -0.2) is 0 Å². The molecule has 4 rings (SSSR count). The molecule has 0 aromatic heterocycles. The van der Waals surface area contributed by atoms with Crippen molar-refractivity contribution in [3.8, 4) is 23.3 Å².